The largest absolute Gasteiger partial charge is 0.495 e. The van der Waals surface area contributed by atoms with Crippen LogP contribution in [0.15, 0.2) is 71.6 Å². The molecule has 8 nitrogen and oxygen atoms in total. The number of aryl methyl sites for hydroxylation is 3. The van der Waals surface area contributed by atoms with E-state index in [1.807, 2.05) is 65.0 Å². The summed E-state index contributed by atoms with van der Waals surface area (Å²) in [5.41, 5.74) is 3.84. The first-order chi connectivity index (χ1) is 20.0. The van der Waals surface area contributed by atoms with E-state index >= 15 is 0 Å². The van der Waals surface area contributed by atoms with Crippen molar-refractivity contribution in [2.24, 2.45) is 0 Å². The topological polar surface area (TPSA) is 96.0 Å². The maximum atomic E-state index is 14.3. The molecule has 0 heterocycles. The molecule has 0 saturated carbocycles. The quantitative estimate of drug-likeness (QED) is 0.248. The van der Waals surface area contributed by atoms with Crippen molar-refractivity contribution in [3.8, 4) is 5.75 Å². The maximum Gasteiger partial charge on any atom is 0.264 e. The van der Waals surface area contributed by atoms with Crippen molar-refractivity contribution in [1.29, 1.82) is 0 Å². The summed E-state index contributed by atoms with van der Waals surface area (Å²) in [6, 6.07) is 18.7. The molecule has 226 valence electrons. The first-order valence-corrected chi connectivity index (χ1v) is 15.8. The Kier molecular flexibility index (Phi) is 11.6. The molecule has 0 aliphatic rings. The predicted molar refractivity (Wildman–Crippen MR) is 167 cm³/mol. The van der Waals surface area contributed by atoms with E-state index in [4.69, 9.17) is 4.74 Å². The maximum absolute atomic E-state index is 14.3. The zero-order chi connectivity index (χ0) is 30.9. The highest BCUT2D eigenvalue weighted by Gasteiger charge is 2.34. The Hall–Kier alpha value is -3.85. The molecule has 3 rings (SSSR count). The van der Waals surface area contributed by atoms with Crippen LogP contribution in [0.4, 0.5) is 5.69 Å². The van der Waals surface area contributed by atoms with Gasteiger partial charge in [-0.15, -0.1) is 0 Å². The molecule has 1 N–H and O–H groups in total. The fourth-order valence-electron chi connectivity index (χ4n) is 4.78. The molecule has 2 amide bonds. The van der Waals surface area contributed by atoms with Crippen LogP contribution in [0.25, 0.3) is 0 Å². The van der Waals surface area contributed by atoms with Gasteiger partial charge < -0.3 is 15.0 Å². The third kappa shape index (κ3) is 8.12. The summed E-state index contributed by atoms with van der Waals surface area (Å²) < 4.78 is 34.9. The average Bonchev–Trinajstić information content (AvgIpc) is 2.96. The Balaban J connectivity index is 2.11. The number of carbonyl (C=O) groups excluding carboxylic acids is 2. The van der Waals surface area contributed by atoms with E-state index in [9.17, 15) is 18.0 Å². The summed E-state index contributed by atoms with van der Waals surface area (Å²) in [6.45, 7) is 9.73. The lowest BCUT2D eigenvalue weighted by molar-refractivity contribution is -0.140. The van der Waals surface area contributed by atoms with Crippen LogP contribution in [0.5, 0.6) is 5.75 Å². The molecule has 0 saturated heterocycles. The molecular weight excluding hydrogens is 550 g/mol. The molecule has 9 heteroatoms. The summed E-state index contributed by atoms with van der Waals surface area (Å²) >= 11 is 0. The van der Waals surface area contributed by atoms with Crippen molar-refractivity contribution in [1.82, 2.24) is 10.2 Å². The average molecular weight is 594 g/mol. The minimum Gasteiger partial charge on any atom is -0.495 e. The highest BCUT2D eigenvalue weighted by Crippen LogP contribution is 2.34. The van der Waals surface area contributed by atoms with Gasteiger partial charge in [0.05, 0.1) is 17.7 Å². The minimum atomic E-state index is -4.19. The van der Waals surface area contributed by atoms with Gasteiger partial charge in [-0.05, 0) is 69.0 Å². The number of hydrogen-bond acceptors (Lipinski definition) is 5. The van der Waals surface area contributed by atoms with Gasteiger partial charge in [0, 0.05) is 13.1 Å². The van der Waals surface area contributed by atoms with Crippen LogP contribution in [0.2, 0.25) is 0 Å². The first-order valence-electron chi connectivity index (χ1n) is 14.4. The molecule has 1 atom stereocenters. The van der Waals surface area contributed by atoms with Crippen LogP contribution in [-0.2, 0) is 26.2 Å². The van der Waals surface area contributed by atoms with Gasteiger partial charge in [0.2, 0.25) is 11.8 Å². The van der Waals surface area contributed by atoms with Crippen molar-refractivity contribution >= 4 is 27.5 Å². The van der Waals surface area contributed by atoms with Crippen molar-refractivity contribution in [3.05, 3.63) is 89.0 Å². The van der Waals surface area contributed by atoms with E-state index in [1.54, 1.807) is 24.3 Å². The zero-order valence-electron chi connectivity index (χ0n) is 25.5. The summed E-state index contributed by atoms with van der Waals surface area (Å²) in [6.07, 6.45) is 2.12. The Morgan fingerprint density at radius 3 is 2.19 bits per heavy atom. The van der Waals surface area contributed by atoms with Crippen LogP contribution in [0.1, 0.15) is 55.4 Å². The number of anilines is 1. The molecule has 0 bridgehead atoms. The molecule has 3 aromatic rings. The van der Waals surface area contributed by atoms with Crippen LogP contribution in [0, 0.1) is 20.8 Å². The lowest BCUT2D eigenvalue weighted by Gasteiger charge is -2.33. The number of sulfonamides is 1. The van der Waals surface area contributed by atoms with Crippen LogP contribution >= 0.6 is 0 Å². The smallest absolute Gasteiger partial charge is 0.264 e. The standard InChI is InChI=1S/C33H43N3O5S/c1-7-9-19-34-33(38)29(8-2)35(22-27-12-10-11-25(4)20-27)32(37)23-36(30-21-26(5)15-18-31(30)41-6)42(39,40)28-16-13-24(3)14-17-28/h10-18,20-21,29H,7-9,19,22-23H2,1-6H3,(H,34,38)/t29-/m1/s1. The van der Waals surface area contributed by atoms with Gasteiger partial charge in [0.15, 0.2) is 0 Å². The number of unbranched alkanes of at least 4 members (excludes halogenated alkanes) is 1. The van der Waals surface area contributed by atoms with Gasteiger partial charge in [-0.3, -0.25) is 13.9 Å². The summed E-state index contributed by atoms with van der Waals surface area (Å²) in [5, 5.41) is 2.95. The Labute approximate surface area is 250 Å². The van der Waals surface area contributed by atoms with E-state index in [0.717, 1.165) is 39.4 Å². The van der Waals surface area contributed by atoms with Gasteiger partial charge >= 0.3 is 0 Å². The zero-order valence-corrected chi connectivity index (χ0v) is 26.3. The third-order valence-electron chi connectivity index (χ3n) is 7.14. The number of nitrogens with one attached hydrogen (secondary N) is 1. The molecule has 0 aliphatic heterocycles. The van der Waals surface area contributed by atoms with Gasteiger partial charge in [-0.25, -0.2) is 8.42 Å². The van der Waals surface area contributed by atoms with Crippen LogP contribution in [-0.4, -0.2) is 51.4 Å². The SMILES string of the molecule is CCCCNC(=O)[C@@H](CC)N(Cc1cccc(C)c1)C(=O)CN(c1cc(C)ccc1OC)S(=O)(=O)c1ccc(C)cc1. The number of methoxy groups -OCH3 is 1. The highest BCUT2D eigenvalue weighted by molar-refractivity contribution is 7.92. The lowest BCUT2D eigenvalue weighted by atomic mass is 10.1. The lowest BCUT2D eigenvalue weighted by Crippen LogP contribution is -2.52. The van der Waals surface area contributed by atoms with Crippen molar-refractivity contribution < 1.29 is 22.7 Å². The fraction of sp³-hybridized carbons (Fsp3) is 0.394. The molecule has 0 spiro atoms. The predicted octanol–water partition coefficient (Wildman–Crippen LogP) is 5.54. The van der Waals surface area contributed by atoms with Crippen LogP contribution in [0.3, 0.4) is 0 Å². The van der Waals surface area contributed by atoms with E-state index in [-0.39, 0.29) is 23.0 Å². The molecule has 0 unspecified atom stereocenters. The molecule has 42 heavy (non-hydrogen) atoms. The fourth-order valence-corrected chi connectivity index (χ4v) is 6.20. The van der Waals surface area contributed by atoms with E-state index in [0.29, 0.717) is 18.7 Å². The number of nitrogens with zero attached hydrogens (tertiary/aromatic N) is 2. The van der Waals surface area contributed by atoms with E-state index in [1.165, 1.54) is 24.1 Å². The van der Waals surface area contributed by atoms with Crippen molar-refractivity contribution in [2.75, 3.05) is 24.5 Å². The molecular formula is C33H43N3O5S. The van der Waals surface area contributed by atoms with Crippen molar-refractivity contribution in [2.45, 2.75) is 71.4 Å². The summed E-state index contributed by atoms with van der Waals surface area (Å²) in [5.74, 6) is -0.431. The second kappa shape index (κ2) is 14.9. The molecule has 0 aliphatic carbocycles. The number of benzene rings is 3. The Bertz CT molecular complexity index is 1470. The number of rotatable bonds is 14. The first kappa shape index (κ1) is 32.7. The minimum absolute atomic E-state index is 0.0547. The highest BCUT2D eigenvalue weighted by atomic mass is 32.2. The second-order valence-corrected chi connectivity index (χ2v) is 12.4. The second-order valence-electron chi connectivity index (χ2n) is 10.6. The normalized spacial score (nSPS) is 12.0. The van der Waals surface area contributed by atoms with Gasteiger partial charge in [0.25, 0.3) is 10.0 Å². The number of carbonyl (C=O) groups is 2. The Morgan fingerprint density at radius 1 is 0.905 bits per heavy atom. The molecule has 0 aromatic heterocycles. The number of amides is 2. The van der Waals surface area contributed by atoms with E-state index in [2.05, 4.69) is 5.32 Å². The molecule has 0 radical (unpaired) electrons. The van der Waals surface area contributed by atoms with Gasteiger partial charge in [0.1, 0.15) is 18.3 Å². The number of ether oxygens (including phenoxy) is 1. The van der Waals surface area contributed by atoms with Gasteiger partial charge in [-0.2, -0.15) is 0 Å². The van der Waals surface area contributed by atoms with E-state index < -0.39 is 28.5 Å². The summed E-state index contributed by atoms with van der Waals surface area (Å²) in [7, 11) is -2.73. The molecule has 3 aromatic carbocycles. The van der Waals surface area contributed by atoms with Crippen molar-refractivity contribution in [3.63, 3.8) is 0 Å². The van der Waals surface area contributed by atoms with Gasteiger partial charge in [-0.1, -0.05) is 73.9 Å². The monoisotopic (exact) mass is 593 g/mol. The summed E-state index contributed by atoms with van der Waals surface area (Å²) in [4.78, 5) is 29.2. The third-order valence-corrected chi connectivity index (χ3v) is 8.92. The Morgan fingerprint density at radius 2 is 1.57 bits per heavy atom. The van der Waals surface area contributed by atoms with Crippen LogP contribution < -0.4 is 14.4 Å². The number of hydrogen-bond donors (Lipinski definition) is 1. The molecule has 0 fully saturated rings.